The lowest BCUT2D eigenvalue weighted by molar-refractivity contribution is -0.113. The first-order valence-corrected chi connectivity index (χ1v) is 5.25. The Hall–Kier alpha value is -1.28. The Bertz CT molecular complexity index is 463. The Kier molecular flexibility index (Phi) is 2.53. The molecule has 0 heterocycles. The topological polar surface area (TPSA) is 43.1 Å². The second kappa shape index (κ2) is 3.70. The highest BCUT2D eigenvalue weighted by Crippen LogP contribution is 2.37. The summed E-state index contributed by atoms with van der Waals surface area (Å²) in [6.45, 7) is 1.99. The number of carbonyl (C=O) groups is 1. The van der Waals surface area contributed by atoms with Crippen molar-refractivity contribution >= 4 is 23.1 Å². The number of amides is 1. The fourth-order valence-corrected chi connectivity index (χ4v) is 2.40. The van der Waals surface area contributed by atoms with Crippen molar-refractivity contribution in [2.45, 2.75) is 19.8 Å². The Balaban J connectivity index is 2.55. The first-order valence-electron chi connectivity index (χ1n) is 4.87. The highest BCUT2D eigenvalue weighted by atomic mass is 35.5. The van der Waals surface area contributed by atoms with Gasteiger partial charge in [0.1, 0.15) is 0 Å². The van der Waals surface area contributed by atoms with Crippen LogP contribution in [0.1, 0.15) is 23.1 Å². The van der Waals surface area contributed by atoms with Crippen molar-refractivity contribution in [3.8, 4) is 0 Å². The Morgan fingerprint density at radius 3 is 2.87 bits per heavy atom. The van der Waals surface area contributed by atoms with E-state index in [9.17, 15) is 4.79 Å². The summed E-state index contributed by atoms with van der Waals surface area (Å²) in [5.41, 5.74) is 9.48. The van der Waals surface area contributed by atoms with Crippen LogP contribution in [0.2, 0.25) is 5.02 Å². The van der Waals surface area contributed by atoms with Crippen molar-refractivity contribution in [3.63, 3.8) is 0 Å². The summed E-state index contributed by atoms with van der Waals surface area (Å²) in [6.07, 6.45) is 3.25. The van der Waals surface area contributed by atoms with E-state index in [0.717, 1.165) is 40.1 Å². The normalized spacial score (nSPS) is 16.8. The zero-order valence-electron chi connectivity index (χ0n) is 8.51. The molecule has 0 fully saturated rings. The second-order valence-electron chi connectivity index (χ2n) is 3.84. The van der Waals surface area contributed by atoms with Gasteiger partial charge in [-0.2, -0.15) is 0 Å². The number of halogens is 1. The SMILES string of the molecule is Cc1cc(Cl)c2c(c1)/C(=C\C(N)=O)CC2. The number of fused-ring (bicyclic) bond motifs is 1. The van der Waals surface area contributed by atoms with Crippen LogP contribution in [0.15, 0.2) is 18.2 Å². The largest absolute Gasteiger partial charge is 0.366 e. The van der Waals surface area contributed by atoms with Crippen molar-refractivity contribution in [1.29, 1.82) is 0 Å². The molecule has 1 aromatic rings. The molecule has 0 radical (unpaired) electrons. The number of benzene rings is 1. The molecule has 0 saturated carbocycles. The monoisotopic (exact) mass is 221 g/mol. The molecule has 0 atom stereocenters. The zero-order chi connectivity index (χ0) is 11.0. The van der Waals surface area contributed by atoms with Crippen LogP contribution in [0.5, 0.6) is 0 Å². The Morgan fingerprint density at radius 1 is 1.47 bits per heavy atom. The van der Waals surface area contributed by atoms with Gasteiger partial charge in [-0.1, -0.05) is 17.7 Å². The van der Waals surface area contributed by atoms with E-state index >= 15 is 0 Å². The zero-order valence-corrected chi connectivity index (χ0v) is 9.27. The minimum absolute atomic E-state index is 0.393. The Morgan fingerprint density at radius 2 is 2.20 bits per heavy atom. The molecule has 15 heavy (non-hydrogen) atoms. The quantitative estimate of drug-likeness (QED) is 0.728. The van der Waals surface area contributed by atoms with Gasteiger partial charge in [-0.3, -0.25) is 4.79 Å². The third-order valence-electron chi connectivity index (χ3n) is 2.65. The second-order valence-corrected chi connectivity index (χ2v) is 4.25. The number of hydrogen-bond donors (Lipinski definition) is 1. The summed E-state index contributed by atoms with van der Waals surface area (Å²) in [6, 6.07) is 4.01. The predicted octanol–water partition coefficient (Wildman–Crippen LogP) is 2.46. The fourth-order valence-electron chi connectivity index (χ4n) is 2.03. The minimum atomic E-state index is -0.393. The standard InChI is InChI=1S/C12H12ClNO/c1-7-4-10-8(6-12(14)15)2-3-9(10)11(13)5-7/h4-6H,2-3H2,1H3,(H2,14,15)/b8-6-. The van der Waals surface area contributed by atoms with Crippen molar-refractivity contribution in [2.75, 3.05) is 0 Å². The van der Waals surface area contributed by atoms with Gasteiger partial charge in [0.2, 0.25) is 5.91 Å². The van der Waals surface area contributed by atoms with Crippen molar-refractivity contribution < 1.29 is 4.79 Å². The lowest BCUT2D eigenvalue weighted by Crippen LogP contribution is -2.06. The fraction of sp³-hybridized carbons (Fsp3) is 0.250. The van der Waals surface area contributed by atoms with Gasteiger partial charge in [-0.05, 0) is 48.1 Å². The maximum Gasteiger partial charge on any atom is 0.241 e. The minimum Gasteiger partial charge on any atom is -0.366 e. The summed E-state index contributed by atoms with van der Waals surface area (Å²) in [7, 11) is 0. The molecule has 1 amide bonds. The molecule has 2 rings (SSSR count). The number of primary amides is 1. The van der Waals surface area contributed by atoms with E-state index in [0.29, 0.717) is 0 Å². The van der Waals surface area contributed by atoms with Gasteiger partial charge in [0, 0.05) is 11.1 Å². The van der Waals surface area contributed by atoms with Crippen molar-refractivity contribution in [1.82, 2.24) is 0 Å². The van der Waals surface area contributed by atoms with Crippen LogP contribution in [0.3, 0.4) is 0 Å². The summed E-state index contributed by atoms with van der Waals surface area (Å²) in [5, 5.41) is 0.790. The van der Waals surface area contributed by atoms with E-state index in [1.54, 1.807) is 0 Å². The third-order valence-corrected chi connectivity index (χ3v) is 2.98. The van der Waals surface area contributed by atoms with Gasteiger partial charge in [0.15, 0.2) is 0 Å². The van der Waals surface area contributed by atoms with Crippen LogP contribution in [0, 0.1) is 6.92 Å². The van der Waals surface area contributed by atoms with Gasteiger partial charge in [0.25, 0.3) is 0 Å². The van der Waals surface area contributed by atoms with E-state index in [-0.39, 0.29) is 0 Å². The van der Waals surface area contributed by atoms with Crippen LogP contribution >= 0.6 is 11.6 Å². The predicted molar refractivity (Wildman–Crippen MR) is 61.7 cm³/mol. The molecule has 2 N–H and O–H groups in total. The van der Waals surface area contributed by atoms with E-state index in [2.05, 4.69) is 6.07 Å². The van der Waals surface area contributed by atoms with Gasteiger partial charge in [-0.15, -0.1) is 0 Å². The van der Waals surface area contributed by atoms with Crippen LogP contribution in [0.25, 0.3) is 5.57 Å². The number of rotatable bonds is 1. The van der Waals surface area contributed by atoms with Crippen LogP contribution in [-0.4, -0.2) is 5.91 Å². The van der Waals surface area contributed by atoms with Crippen molar-refractivity contribution in [2.24, 2.45) is 5.73 Å². The number of hydrogen-bond acceptors (Lipinski definition) is 1. The first kappa shape index (κ1) is 10.2. The average Bonchev–Trinajstić information content (AvgIpc) is 2.48. The van der Waals surface area contributed by atoms with Crippen LogP contribution in [-0.2, 0) is 11.2 Å². The molecule has 78 valence electrons. The number of aryl methyl sites for hydroxylation is 1. The lowest BCUT2D eigenvalue weighted by atomic mass is 10.0. The third kappa shape index (κ3) is 1.90. The molecule has 3 heteroatoms. The molecule has 1 aliphatic rings. The lowest BCUT2D eigenvalue weighted by Gasteiger charge is -2.04. The smallest absolute Gasteiger partial charge is 0.241 e. The molecule has 0 bridgehead atoms. The molecular formula is C12H12ClNO. The maximum atomic E-state index is 10.8. The molecule has 1 aliphatic carbocycles. The van der Waals surface area contributed by atoms with E-state index in [1.807, 2.05) is 13.0 Å². The molecule has 0 unspecified atom stereocenters. The molecule has 0 spiro atoms. The van der Waals surface area contributed by atoms with Gasteiger partial charge < -0.3 is 5.73 Å². The molecule has 0 aromatic heterocycles. The van der Waals surface area contributed by atoms with E-state index in [1.165, 1.54) is 6.08 Å². The van der Waals surface area contributed by atoms with Crippen molar-refractivity contribution in [3.05, 3.63) is 39.9 Å². The first-order chi connectivity index (χ1) is 7.08. The summed E-state index contributed by atoms with van der Waals surface area (Å²) < 4.78 is 0. The highest BCUT2D eigenvalue weighted by molar-refractivity contribution is 6.31. The van der Waals surface area contributed by atoms with Gasteiger partial charge in [-0.25, -0.2) is 0 Å². The van der Waals surface area contributed by atoms with Crippen LogP contribution in [0.4, 0.5) is 0 Å². The van der Waals surface area contributed by atoms with Gasteiger partial charge in [0.05, 0.1) is 0 Å². The molecular weight excluding hydrogens is 210 g/mol. The van der Waals surface area contributed by atoms with E-state index < -0.39 is 5.91 Å². The maximum absolute atomic E-state index is 10.8. The molecule has 0 saturated heterocycles. The summed E-state index contributed by atoms with van der Waals surface area (Å²) >= 11 is 6.13. The number of nitrogens with two attached hydrogens (primary N) is 1. The molecule has 1 aromatic carbocycles. The molecule has 2 nitrogen and oxygen atoms in total. The number of allylic oxidation sites excluding steroid dienone is 1. The van der Waals surface area contributed by atoms with Crippen LogP contribution < -0.4 is 5.73 Å². The summed E-state index contributed by atoms with van der Waals surface area (Å²) in [4.78, 5) is 10.8. The Labute approximate surface area is 93.7 Å². The number of carbonyl (C=O) groups excluding carboxylic acids is 1. The summed E-state index contributed by atoms with van der Waals surface area (Å²) in [5.74, 6) is -0.393. The average molecular weight is 222 g/mol. The highest BCUT2D eigenvalue weighted by Gasteiger charge is 2.19. The van der Waals surface area contributed by atoms with Gasteiger partial charge >= 0.3 is 0 Å². The molecule has 0 aliphatic heterocycles. The van der Waals surface area contributed by atoms with E-state index in [4.69, 9.17) is 17.3 Å².